The first kappa shape index (κ1) is 11.3. The van der Waals surface area contributed by atoms with Crippen LogP contribution in [0.4, 0.5) is 0 Å². The van der Waals surface area contributed by atoms with Gasteiger partial charge in [-0.2, -0.15) is 0 Å². The molecule has 0 spiro atoms. The van der Waals surface area contributed by atoms with Crippen LogP contribution in [0.3, 0.4) is 0 Å². The van der Waals surface area contributed by atoms with Crippen molar-refractivity contribution in [3.05, 3.63) is 50.4 Å². The van der Waals surface area contributed by atoms with E-state index in [1.54, 1.807) is 12.4 Å². The standard InChI is InChI=1S/C12H10ClNOS/c1-7-3-4-14-5-9(7)11(15)12-10(13)8(2)6-16-12/h3-6H,1-2H3. The predicted octanol–water partition coefficient (Wildman–Crippen LogP) is 3.64. The average molecular weight is 252 g/mol. The highest BCUT2D eigenvalue weighted by molar-refractivity contribution is 7.13. The van der Waals surface area contributed by atoms with Crippen LogP contribution in [0.15, 0.2) is 23.8 Å². The predicted molar refractivity (Wildman–Crippen MR) is 66.5 cm³/mol. The Morgan fingerprint density at radius 1 is 1.38 bits per heavy atom. The molecule has 82 valence electrons. The van der Waals surface area contributed by atoms with Gasteiger partial charge in [-0.25, -0.2) is 0 Å². The van der Waals surface area contributed by atoms with Crippen molar-refractivity contribution in [1.82, 2.24) is 4.98 Å². The van der Waals surface area contributed by atoms with Gasteiger partial charge in [0.05, 0.1) is 9.90 Å². The van der Waals surface area contributed by atoms with Crippen LogP contribution in [0.5, 0.6) is 0 Å². The molecule has 0 aliphatic carbocycles. The highest BCUT2D eigenvalue weighted by atomic mass is 35.5. The Labute approximate surface area is 103 Å². The molecule has 16 heavy (non-hydrogen) atoms. The molecule has 0 amide bonds. The van der Waals surface area contributed by atoms with Gasteiger partial charge in [0, 0.05) is 18.0 Å². The van der Waals surface area contributed by atoms with E-state index < -0.39 is 0 Å². The molecule has 0 radical (unpaired) electrons. The Kier molecular flexibility index (Phi) is 3.08. The van der Waals surface area contributed by atoms with E-state index in [4.69, 9.17) is 11.6 Å². The Morgan fingerprint density at radius 2 is 2.12 bits per heavy atom. The Hall–Kier alpha value is -1.19. The third-order valence-electron chi connectivity index (χ3n) is 2.39. The third kappa shape index (κ3) is 1.88. The first-order valence-electron chi connectivity index (χ1n) is 4.80. The minimum Gasteiger partial charge on any atom is -0.288 e. The van der Waals surface area contributed by atoms with Crippen molar-refractivity contribution in [2.45, 2.75) is 13.8 Å². The lowest BCUT2D eigenvalue weighted by Crippen LogP contribution is -2.02. The number of carbonyl (C=O) groups excluding carboxylic acids is 1. The molecule has 0 atom stereocenters. The molecule has 0 bridgehead atoms. The number of hydrogen-bond acceptors (Lipinski definition) is 3. The zero-order chi connectivity index (χ0) is 11.7. The van der Waals surface area contributed by atoms with Gasteiger partial charge >= 0.3 is 0 Å². The van der Waals surface area contributed by atoms with Crippen LogP contribution in [0, 0.1) is 13.8 Å². The average Bonchev–Trinajstić information content (AvgIpc) is 2.60. The van der Waals surface area contributed by atoms with Gasteiger partial charge in [0.25, 0.3) is 0 Å². The molecule has 2 nitrogen and oxygen atoms in total. The van der Waals surface area contributed by atoms with Crippen LogP contribution in [-0.4, -0.2) is 10.8 Å². The van der Waals surface area contributed by atoms with Gasteiger partial charge < -0.3 is 0 Å². The summed E-state index contributed by atoms with van der Waals surface area (Å²) in [5.41, 5.74) is 2.48. The molecule has 2 aromatic heterocycles. The maximum atomic E-state index is 12.2. The van der Waals surface area contributed by atoms with E-state index >= 15 is 0 Å². The number of aryl methyl sites for hydroxylation is 2. The van der Waals surface area contributed by atoms with Gasteiger partial charge in [-0.15, -0.1) is 11.3 Å². The minimum atomic E-state index is -0.0475. The molecule has 0 fully saturated rings. The highest BCUT2D eigenvalue weighted by Crippen LogP contribution is 2.29. The van der Waals surface area contributed by atoms with Gasteiger partial charge in [0.1, 0.15) is 0 Å². The number of halogens is 1. The number of carbonyl (C=O) groups is 1. The molecule has 0 aromatic carbocycles. The molecule has 0 aliphatic heterocycles. The summed E-state index contributed by atoms with van der Waals surface area (Å²) >= 11 is 7.45. The molecule has 2 heterocycles. The first-order valence-corrected chi connectivity index (χ1v) is 6.06. The van der Waals surface area contributed by atoms with Crippen molar-refractivity contribution in [1.29, 1.82) is 0 Å². The molecule has 0 N–H and O–H groups in total. The highest BCUT2D eigenvalue weighted by Gasteiger charge is 2.17. The van der Waals surface area contributed by atoms with Crippen LogP contribution >= 0.6 is 22.9 Å². The minimum absolute atomic E-state index is 0.0475. The van der Waals surface area contributed by atoms with Crippen molar-refractivity contribution in [2.24, 2.45) is 0 Å². The number of thiophene rings is 1. The Morgan fingerprint density at radius 3 is 2.69 bits per heavy atom. The van der Waals surface area contributed by atoms with E-state index in [1.165, 1.54) is 11.3 Å². The lowest BCUT2D eigenvalue weighted by Gasteiger charge is -2.02. The largest absolute Gasteiger partial charge is 0.288 e. The monoisotopic (exact) mass is 251 g/mol. The maximum absolute atomic E-state index is 12.2. The Balaban J connectivity index is 2.48. The second-order valence-electron chi connectivity index (χ2n) is 3.58. The summed E-state index contributed by atoms with van der Waals surface area (Å²) in [6.07, 6.45) is 3.26. The van der Waals surface area contributed by atoms with Crippen LogP contribution in [-0.2, 0) is 0 Å². The van der Waals surface area contributed by atoms with Gasteiger partial charge in [-0.05, 0) is 36.4 Å². The number of ketones is 1. The molecular formula is C12H10ClNOS. The van der Waals surface area contributed by atoms with Crippen LogP contribution in [0.1, 0.15) is 26.4 Å². The zero-order valence-corrected chi connectivity index (χ0v) is 10.5. The second kappa shape index (κ2) is 4.36. The first-order chi connectivity index (χ1) is 7.61. The summed E-state index contributed by atoms with van der Waals surface area (Å²) in [5, 5.41) is 2.44. The van der Waals surface area contributed by atoms with E-state index in [-0.39, 0.29) is 5.78 Å². The van der Waals surface area contributed by atoms with Gasteiger partial charge in [0.15, 0.2) is 0 Å². The molecule has 0 aliphatic rings. The van der Waals surface area contributed by atoms with E-state index in [1.807, 2.05) is 25.3 Å². The number of pyridine rings is 1. The molecule has 2 rings (SSSR count). The lowest BCUT2D eigenvalue weighted by atomic mass is 10.1. The van der Waals surface area contributed by atoms with Gasteiger partial charge in [-0.1, -0.05) is 11.6 Å². The van der Waals surface area contributed by atoms with E-state index in [0.717, 1.165) is 11.1 Å². The van der Waals surface area contributed by atoms with Crippen molar-refractivity contribution >= 4 is 28.7 Å². The number of nitrogens with zero attached hydrogens (tertiary/aromatic N) is 1. The van der Waals surface area contributed by atoms with Gasteiger partial charge in [-0.3, -0.25) is 9.78 Å². The molecule has 0 unspecified atom stereocenters. The fourth-order valence-electron chi connectivity index (χ4n) is 1.41. The molecule has 4 heteroatoms. The molecule has 2 aromatic rings. The lowest BCUT2D eigenvalue weighted by molar-refractivity contribution is 0.104. The summed E-state index contributed by atoms with van der Waals surface area (Å²) in [6, 6.07) is 1.82. The van der Waals surface area contributed by atoms with Gasteiger partial charge in [0.2, 0.25) is 5.78 Å². The number of aromatic nitrogens is 1. The summed E-state index contributed by atoms with van der Waals surface area (Å²) in [5.74, 6) is -0.0475. The summed E-state index contributed by atoms with van der Waals surface area (Å²) in [4.78, 5) is 16.7. The smallest absolute Gasteiger partial charge is 0.206 e. The maximum Gasteiger partial charge on any atom is 0.206 e. The zero-order valence-electron chi connectivity index (χ0n) is 8.95. The van der Waals surface area contributed by atoms with E-state index in [0.29, 0.717) is 15.5 Å². The summed E-state index contributed by atoms with van der Waals surface area (Å²) < 4.78 is 0. The summed E-state index contributed by atoms with van der Waals surface area (Å²) in [6.45, 7) is 3.79. The molecular weight excluding hydrogens is 242 g/mol. The third-order valence-corrected chi connectivity index (χ3v) is 4.08. The van der Waals surface area contributed by atoms with E-state index in [2.05, 4.69) is 4.98 Å². The van der Waals surface area contributed by atoms with Crippen molar-refractivity contribution in [3.8, 4) is 0 Å². The second-order valence-corrected chi connectivity index (χ2v) is 4.84. The van der Waals surface area contributed by atoms with Crippen molar-refractivity contribution in [3.63, 3.8) is 0 Å². The SMILES string of the molecule is Cc1ccncc1C(=O)c1scc(C)c1Cl. The van der Waals surface area contributed by atoms with Crippen LogP contribution in [0.25, 0.3) is 0 Å². The van der Waals surface area contributed by atoms with E-state index in [9.17, 15) is 4.79 Å². The fraction of sp³-hybridized carbons (Fsp3) is 0.167. The Bertz CT molecular complexity index is 548. The summed E-state index contributed by atoms with van der Waals surface area (Å²) in [7, 11) is 0. The van der Waals surface area contributed by atoms with Crippen molar-refractivity contribution in [2.75, 3.05) is 0 Å². The number of rotatable bonds is 2. The van der Waals surface area contributed by atoms with Crippen LogP contribution < -0.4 is 0 Å². The normalized spacial score (nSPS) is 10.4. The number of hydrogen-bond donors (Lipinski definition) is 0. The fourth-order valence-corrected chi connectivity index (χ4v) is 2.64. The quantitative estimate of drug-likeness (QED) is 0.763. The topological polar surface area (TPSA) is 30.0 Å². The molecule has 0 saturated heterocycles. The van der Waals surface area contributed by atoms with Crippen LogP contribution in [0.2, 0.25) is 5.02 Å². The van der Waals surface area contributed by atoms with Crippen molar-refractivity contribution < 1.29 is 4.79 Å². The molecule has 0 saturated carbocycles.